The van der Waals surface area contributed by atoms with Gasteiger partial charge in [-0.15, -0.1) is 0 Å². The second kappa shape index (κ2) is 6.40. The van der Waals surface area contributed by atoms with E-state index in [1.54, 1.807) is 0 Å². The molecule has 1 saturated carbocycles. The van der Waals surface area contributed by atoms with E-state index in [-0.39, 0.29) is 11.8 Å². The second-order valence-electron chi connectivity index (χ2n) is 6.77. The number of piperidine rings is 1. The zero-order valence-corrected chi connectivity index (χ0v) is 13.4. The summed E-state index contributed by atoms with van der Waals surface area (Å²) in [5.74, 6) is 2.21. The van der Waals surface area contributed by atoms with Crippen molar-refractivity contribution >= 4 is 5.91 Å². The third-order valence-electron chi connectivity index (χ3n) is 4.92. The molecule has 1 aromatic rings. The lowest BCUT2D eigenvalue weighted by molar-refractivity contribution is -0.126. The summed E-state index contributed by atoms with van der Waals surface area (Å²) in [6.07, 6.45) is 4.22. The van der Waals surface area contributed by atoms with Crippen LogP contribution in [0, 0.1) is 5.92 Å². The molecular weight excluding hydrogens is 292 g/mol. The van der Waals surface area contributed by atoms with Crippen LogP contribution in [0.1, 0.15) is 31.2 Å². The van der Waals surface area contributed by atoms with Crippen LogP contribution in [0.5, 0.6) is 11.5 Å². The van der Waals surface area contributed by atoms with E-state index in [0.717, 1.165) is 56.8 Å². The fourth-order valence-corrected chi connectivity index (χ4v) is 3.40. The third kappa shape index (κ3) is 3.44. The molecule has 1 saturated heterocycles. The van der Waals surface area contributed by atoms with E-state index in [0.29, 0.717) is 19.3 Å². The van der Waals surface area contributed by atoms with Gasteiger partial charge in [0.05, 0.1) is 0 Å². The quantitative estimate of drug-likeness (QED) is 0.922. The minimum atomic E-state index is 0.191. The van der Waals surface area contributed by atoms with Crippen molar-refractivity contribution in [2.75, 3.05) is 26.3 Å². The van der Waals surface area contributed by atoms with E-state index >= 15 is 0 Å². The SMILES string of the molecule is O=C(NC1CC1)C1CCN(Cc2cccc3c2OCCO3)CC1. The van der Waals surface area contributed by atoms with E-state index in [9.17, 15) is 4.79 Å². The molecule has 0 unspecified atom stereocenters. The Labute approximate surface area is 136 Å². The molecule has 1 aliphatic carbocycles. The highest BCUT2D eigenvalue weighted by Crippen LogP contribution is 2.35. The van der Waals surface area contributed by atoms with Crippen molar-refractivity contribution in [3.8, 4) is 11.5 Å². The number of amides is 1. The summed E-state index contributed by atoms with van der Waals surface area (Å²) in [6.45, 7) is 4.04. The molecular formula is C18H24N2O3. The molecule has 3 aliphatic rings. The van der Waals surface area contributed by atoms with Crippen molar-refractivity contribution in [2.45, 2.75) is 38.3 Å². The van der Waals surface area contributed by atoms with Crippen LogP contribution in [0.25, 0.3) is 0 Å². The van der Waals surface area contributed by atoms with Crippen molar-refractivity contribution in [1.82, 2.24) is 10.2 Å². The summed E-state index contributed by atoms with van der Waals surface area (Å²) in [5.41, 5.74) is 1.18. The zero-order chi connectivity index (χ0) is 15.6. The number of rotatable bonds is 4. The van der Waals surface area contributed by atoms with Crippen LogP contribution < -0.4 is 14.8 Å². The molecule has 0 spiro atoms. The Hall–Kier alpha value is -1.75. The largest absolute Gasteiger partial charge is 0.486 e. The maximum absolute atomic E-state index is 12.1. The summed E-state index contributed by atoms with van der Waals surface area (Å²) in [6, 6.07) is 6.57. The second-order valence-corrected chi connectivity index (χ2v) is 6.77. The Kier molecular flexibility index (Phi) is 4.12. The van der Waals surface area contributed by atoms with Crippen molar-refractivity contribution in [2.24, 2.45) is 5.92 Å². The number of carbonyl (C=O) groups excluding carboxylic acids is 1. The van der Waals surface area contributed by atoms with Gasteiger partial charge in [-0.1, -0.05) is 12.1 Å². The molecule has 4 rings (SSSR count). The van der Waals surface area contributed by atoms with Crippen LogP contribution in [0.4, 0.5) is 0 Å². The average Bonchev–Trinajstić information content (AvgIpc) is 3.40. The van der Waals surface area contributed by atoms with Gasteiger partial charge in [-0.3, -0.25) is 9.69 Å². The number of hydrogen-bond acceptors (Lipinski definition) is 4. The predicted molar refractivity (Wildman–Crippen MR) is 86.6 cm³/mol. The fraction of sp³-hybridized carbons (Fsp3) is 0.611. The maximum atomic E-state index is 12.1. The van der Waals surface area contributed by atoms with Gasteiger partial charge in [0.1, 0.15) is 13.2 Å². The molecule has 0 atom stereocenters. The van der Waals surface area contributed by atoms with Crippen LogP contribution >= 0.6 is 0 Å². The van der Waals surface area contributed by atoms with E-state index in [1.165, 1.54) is 5.56 Å². The summed E-state index contributed by atoms with van der Waals surface area (Å²) >= 11 is 0. The Balaban J connectivity index is 1.33. The first-order valence-electron chi connectivity index (χ1n) is 8.70. The van der Waals surface area contributed by atoms with Crippen molar-refractivity contribution in [1.29, 1.82) is 0 Å². The number of benzene rings is 1. The van der Waals surface area contributed by atoms with Gasteiger partial charge in [0.15, 0.2) is 11.5 Å². The molecule has 1 aromatic carbocycles. The number of carbonyl (C=O) groups is 1. The van der Waals surface area contributed by atoms with Gasteiger partial charge in [0.2, 0.25) is 5.91 Å². The molecule has 2 fully saturated rings. The van der Waals surface area contributed by atoms with Crippen LogP contribution in [-0.2, 0) is 11.3 Å². The monoisotopic (exact) mass is 316 g/mol. The minimum absolute atomic E-state index is 0.191. The van der Waals surface area contributed by atoms with Gasteiger partial charge >= 0.3 is 0 Å². The minimum Gasteiger partial charge on any atom is -0.486 e. The van der Waals surface area contributed by atoms with Crippen LogP contribution in [0.2, 0.25) is 0 Å². The topological polar surface area (TPSA) is 50.8 Å². The first kappa shape index (κ1) is 14.8. The van der Waals surface area contributed by atoms with E-state index in [4.69, 9.17) is 9.47 Å². The molecule has 2 aliphatic heterocycles. The number of ether oxygens (including phenoxy) is 2. The van der Waals surface area contributed by atoms with Crippen LogP contribution in [0.3, 0.4) is 0 Å². The van der Waals surface area contributed by atoms with Gasteiger partial charge in [-0.05, 0) is 44.8 Å². The molecule has 0 aromatic heterocycles. The third-order valence-corrected chi connectivity index (χ3v) is 4.92. The predicted octanol–water partition coefficient (Wildman–Crippen LogP) is 1.95. The Morgan fingerprint density at radius 1 is 1.13 bits per heavy atom. The zero-order valence-electron chi connectivity index (χ0n) is 13.4. The molecule has 5 nitrogen and oxygen atoms in total. The number of likely N-dealkylation sites (tertiary alicyclic amines) is 1. The normalized spacial score (nSPS) is 21.9. The van der Waals surface area contributed by atoms with E-state index in [2.05, 4.69) is 16.3 Å². The van der Waals surface area contributed by atoms with Gasteiger partial charge in [0, 0.05) is 24.1 Å². The smallest absolute Gasteiger partial charge is 0.223 e. The average molecular weight is 316 g/mol. The molecule has 23 heavy (non-hydrogen) atoms. The van der Waals surface area contributed by atoms with Gasteiger partial charge in [0.25, 0.3) is 0 Å². The summed E-state index contributed by atoms with van der Waals surface area (Å²) in [7, 11) is 0. The highest BCUT2D eigenvalue weighted by Gasteiger charge is 2.30. The lowest BCUT2D eigenvalue weighted by Crippen LogP contribution is -2.40. The van der Waals surface area contributed by atoms with Gasteiger partial charge in [-0.2, -0.15) is 0 Å². The molecule has 1 N–H and O–H groups in total. The number of hydrogen-bond donors (Lipinski definition) is 1. The Morgan fingerprint density at radius 2 is 1.91 bits per heavy atom. The summed E-state index contributed by atoms with van der Waals surface area (Å²) in [4.78, 5) is 14.6. The molecule has 0 bridgehead atoms. The lowest BCUT2D eigenvalue weighted by atomic mass is 9.95. The highest BCUT2D eigenvalue weighted by atomic mass is 16.6. The van der Waals surface area contributed by atoms with Crippen molar-refractivity contribution in [3.63, 3.8) is 0 Å². The molecule has 124 valence electrons. The number of para-hydroxylation sites is 1. The van der Waals surface area contributed by atoms with Gasteiger partial charge < -0.3 is 14.8 Å². The van der Waals surface area contributed by atoms with Gasteiger partial charge in [-0.25, -0.2) is 0 Å². The molecule has 5 heteroatoms. The highest BCUT2D eigenvalue weighted by molar-refractivity contribution is 5.79. The standard InChI is InChI=1S/C18H24N2O3/c21-18(19-15-4-5-15)13-6-8-20(9-7-13)12-14-2-1-3-16-17(14)23-11-10-22-16/h1-3,13,15H,4-12H2,(H,19,21). The molecule has 0 radical (unpaired) electrons. The first-order chi connectivity index (χ1) is 11.3. The van der Waals surface area contributed by atoms with Crippen LogP contribution in [0.15, 0.2) is 18.2 Å². The van der Waals surface area contributed by atoms with E-state index in [1.807, 2.05) is 12.1 Å². The first-order valence-corrected chi connectivity index (χ1v) is 8.70. The Bertz CT molecular complexity index is 578. The van der Waals surface area contributed by atoms with Crippen molar-refractivity contribution < 1.29 is 14.3 Å². The summed E-state index contributed by atoms with van der Waals surface area (Å²) < 4.78 is 11.4. The number of fused-ring (bicyclic) bond motifs is 1. The lowest BCUT2D eigenvalue weighted by Gasteiger charge is -2.32. The van der Waals surface area contributed by atoms with Crippen molar-refractivity contribution in [3.05, 3.63) is 23.8 Å². The number of nitrogens with zero attached hydrogens (tertiary/aromatic N) is 1. The molecule has 1 amide bonds. The maximum Gasteiger partial charge on any atom is 0.223 e. The number of nitrogens with one attached hydrogen (secondary N) is 1. The summed E-state index contributed by atoms with van der Waals surface area (Å²) in [5, 5.41) is 3.14. The molecule has 2 heterocycles. The Morgan fingerprint density at radius 3 is 2.70 bits per heavy atom. The fourth-order valence-electron chi connectivity index (χ4n) is 3.40. The van der Waals surface area contributed by atoms with Crippen LogP contribution in [-0.4, -0.2) is 43.2 Å². The van der Waals surface area contributed by atoms with E-state index < -0.39 is 0 Å².